The van der Waals surface area contributed by atoms with Gasteiger partial charge in [0.25, 0.3) is 0 Å². The van der Waals surface area contributed by atoms with Gasteiger partial charge in [0.2, 0.25) is 5.28 Å². The minimum Gasteiger partial charge on any atom is -0.456 e. The third-order valence-electron chi connectivity index (χ3n) is 21.4. The highest BCUT2D eigenvalue weighted by Crippen LogP contribution is 2.53. The van der Waals surface area contributed by atoms with Crippen molar-refractivity contribution in [2.24, 2.45) is 0 Å². The summed E-state index contributed by atoms with van der Waals surface area (Å²) in [6.45, 7) is 17.3. The normalized spacial score (nSPS) is 14.5. The van der Waals surface area contributed by atoms with E-state index in [0.717, 1.165) is 99.4 Å². The van der Waals surface area contributed by atoms with Crippen LogP contribution in [-0.2, 0) is 20.1 Å². The molecule has 0 saturated carbocycles. The zero-order valence-corrected chi connectivity index (χ0v) is 60.3. The predicted octanol–water partition coefficient (Wildman–Crippen LogP) is 22.2. The summed E-state index contributed by atoms with van der Waals surface area (Å²) in [5.74, 6) is 2.90. The minimum atomic E-state index is -0.578. The Balaban J connectivity index is 0.000000127. The summed E-state index contributed by atoms with van der Waals surface area (Å²) < 4.78 is 26.4. The number of rotatable bonds is 8. The Kier molecular flexibility index (Phi) is 16.4. The Morgan fingerprint density at radius 3 is 1.09 bits per heavy atom. The van der Waals surface area contributed by atoms with E-state index < -0.39 is 18.3 Å². The lowest BCUT2D eigenvalue weighted by molar-refractivity contribution is 0.00578. The lowest BCUT2D eigenvalue weighted by atomic mass is 9.72. The molecule has 12 nitrogen and oxygen atoms in total. The number of furan rings is 2. The van der Waals surface area contributed by atoms with Gasteiger partial charge in [-0.2, -0.15) is 20.5 Å². The Morgan fingerprint density at radius 1 is 0.321 bits per heavy atom. The molecule has 19 rings (SSSR count). The first-order chi connectivity index (χ1) is 51.3. The second-order valence-corrected chi connectivity index (χ2v) is 29.4. The van der Waals surface area contributed by atoms with Gasteiger partial charge in [-0.05, 0) is 167 Å². The summed E-state index contributed by atoms with van der Waals surface area (Å²) in [4.78, 5) is 28.1. The molecule has 1 fully saturated rings. The summed E-state index contributed by atoms with van der Waals surface area (Å²) in [6.07, 6.45) is 0. The van der Waals surface area contributed by atoms with Gasteiger partial charge in [0.1, 0.15) is 22.3 Å². The van der Waals surface area contributed by atoms with Gasteiger partial charge in [-0.3, -0.25) is 0 Å². The number of aromatic nitrogens is 6. The standard InChI is InChI=1S/C43H28N4O.C34H30BNO3.C15H10ClN3/c1-43(2)35-23-26(25-44)17-19-31(35)32-20-18-29(24-36(32)43)30-21-22-34-33-15-9-10-16-37(33)48-39(34)38(30)42-46-40(27-11-5-3-6-12-27)45-41(47-42)28-13-7-4-8-14-28;1-32(2)27-17-20(19-36)11-13-23(27)24-14-12-21(18-28(24)32)22-15-16-26-25-9-7-8-10-29(25)37-31(26)30(22)35-38-33(3,4)34(5,6)39-35;16-15-18-13(11-7-3-1-4-8-11)17-14(19-15)12-9-5-2-6-10-12/h3-24H,1-2H3;7-18H,1-6H3;1-10H. The van der Waals surface area contributed by atoms with E-state index in [1.54, 1.807) is 0 Å². The van der Waals surface area contributed by atoms with E-state index in [2.05, 4.69) is 167 Å². The van der Waals surface area contributed by atoms with E-state index in [4.69, 9.17) is 44.7 Å². The molecule has 3 aliphatic rings. The largest absolute Gasteiger partial charge is 0.499 e. The number of benzene rings is 12. The van der Waals surface area contributed by atoms with Crippen molar-refractivity contribution in [1.82, 2.24) is 29.9 Å². The Labute approximate surface area is 619 Å². The van der Waals surface area contributed by atoms with Gasteiger partial charge in [0, 0.05) is 60.1 Å². The van der Waals surface area contributed by atoms with Gasteiger partial charge in [-0.25, -0.2) is 19.9 Å². The molecule has 0 unspecified atom stereocenters. The predicted molar refractivity (Wildman–Crippen MR) is 424 cm³/mol. The first-order valence-corrected chi connectivity index (χ1v) is 35.8. The molecule has 4 aromatic heterocycles. The molecule has 510 valence electrons. The number of nitrogens with zero attached hydrogens (tertiary/aromatic N) is 8. The van der Waals surface area contributed by atoms with E-state index in [-0.39, 0.29) is 16.1 Å². The van der Waals surface area contributed by atoms with Crippen LogP contribution in [0.4, 0.5) is 0 Å². The van der Waals surface area contributed by atoms with Crippen molar-refractivity contribution in [3.63, 3.8) is 0 Å². The highest BCUT2D eigenvalue weighted by molar-refractivity contribution is 6.67. The van der Waals surface area contributed by atoms with Crippen LogP contribution in [0.3, 0.4) is 0 Å². The van der Waals surface area contributed by atoms with Crippen LogP contribution in [0.2, 0.25) is 5.28 Å². The fraction of sp³-hybridized carbons (Fsp3) is 0.130. The molecule has 1 saturated heterocycles. The van der Waals surface area contributed by atoms with E-state index in [1.807, 2.05) is 182 Å². The monoisotopic (exact) mass is 1390 g/mol. The molecule has 12 aromatic carbocycles. The maximum atomic E-state index is 9.64. The van der Waals surface area contributed by atoms with Gasteiger partial charge in [-0.15, -0.1) is 0 Å². The van der Waals surface area contributed by atoms with E-state index in [1.165, 1.54) is 44.5 Å². The van der Waals surface area contributed by atoms with E-state index in [0.29, 0.717) is 40.2 Å². The Bertz CT molecular complexity index is 6150. The summed E-state index contributed by atoms with van der Waals surface area (Å²) in [5, 5.41) is 23.5. The maximum Gasteiger partial charge on any atom is 0.499 e. The molecule has 5 heterocycles. The second-order valence-electron chi connectivity index (χ2n) is 29.1. The van der Waals surface area contributed by atoms with Crippen LogP contribution in [0.5, 0.6) is 0 Å². The number of nitriles is 2. The van der Waals surface area contributed by atoms with Crippen LogP contribution in [0.15, 0.2) is 276 Å². The van der Waals surface area contributed by atoms with Crippen LogP contribution in [0, 0.1) is 22.7 Å². The highest BCUT2D eigenvalue weighted by atomic mass is 35.5. The minimum absolute atomic E-state index is 0.202. The molecule has 0 atom stereocenters. The summed E-state index contributed by atoms with van der Waals surface area (Å²) in [6, 6.07) is 94.4. The maximum absolute atomic E-state index is 9.64. The molecular formula is C92H68BClN8O4. The Hall–Kier alpha value is -12.5. The SMILES string of the molecule is CC1(C)c2cc(C#N)ccc2-c2ccc(-c3ccc4c(oc5ccccc54)c3-c3nc(-c4ccccc4)nc(-c4ccccc4)n3)cc21.CC1(C)c2cc(C#N)ccc2-c2ccc(-c3ccc4c(oc5ccccc54)c3B3OC(C)(C)C(C)(C)O3)cc21.Clc1nc(-c2ccccc2)nc(-c2ccccc2)n1. The molecule has 14 heteroatoms. The number of fused-ring (bicyclic) bond motifs is 12. The molecule has 0 amide bonds. The molecule has 1 aliphatic heterocycles. The van der Waals surface area contributed by atoms with Gasteiger partial charge in [0.15, 0.2) is 29.1 Å². The van der Waals surface area contributed by atoms with Crippen molar-refractivity contribution in [3.8, 4) is 114 Å². The van der Waals surface area contributed by atoms with Gasteiger partial charge in [0.05, 0.1) is 40.0 Å². The van der Waals surface area contributed by atoms with Crippen molar-refractivity contribution in [2.75, 3.05) is 0 Å². The molecule has 0 radical (unpaired) electrons. The Morgan fingerprint density at radius 2 is 0.660 bits per heavy atom. The van der Waals surface area contributed by atoms with Gasteiger partial charge in [-0.1, -0.05) is 234 Å². The van der Waals surface area contributed by atoms with Crippen LogP contribution < -0.4 is 5.46 Å². The van der Waals surface area contributed by atoms with Crippen molar-refractivity contribution in [1.29, 1.82) is 10.5 Å². The zero-order valence-electron chi connectivity index (χ0n) is 59.6. The first-order valence-electron chi connectivity index (χ1n) is 35.4. The van der Waals surface area contributed by atoms with Gasteiger partial charge < -0.3 is 18.1 Å². The van der Waals surface area contributed by atoms with Crippen LogP contribution in [0.1, 0.15) is 88.8 Å². The van der Waals surface area contributed by atoms with Crippen LogP contribution >= 0.6 is 11.6 Å². The summed E-state index contributed by atoms with van der Waals surface area (Å²) in [5.41, 5.74) is 22.2. The fourth-order valence-electron chi connectivity index (χ4n) is 15.2. The van der Waals surface area contributed by atoms with Crippen LogP contribution in [0.25, 0.3) is 145 Å². The molecule has 2 aliphatic carbocycles. The topological polar surface area (TPSA) is 170 Å². The van der Waals surface area contributed by atoms with Crippen molar-refractivity contribution in [3.05, 3.63) is 306 Å². The highest BCUT2D eigenvalue weighted by Gasteiger charge is 2.53. The smallest absolute Gasteiger partial charge is 0.456 e. The molecule has 106 heavy (non-hydrogen) atoms. The first kappa shape index (κ1) is 66.7. The van der Waals surface area contributed by atoms with Crippen molar-refractivity contribution in [2.45, 2.75) is 77.4 Å². The average Bonchev–Trinajstić information content (AvgIpc) is 1.57. The van der Waals surface area contributed by atoms with Crippen LogP contribution in [-0.4, -0.2) is 48.2 Å². The molecular weight excluding hydrogens is 1330 g/mol. The molecule has 0 N–H and O–H groups in total. The average molecular weight is 1400 g/mol. The fourth-order valence-corrected chi connectivity index (χ4v) is 15.3. The lowest BCUT2D eigenvalue weighted by Crippen LogP contribution is -2.41. The number of hydrogen-bond donors (Lipinski definition) is 0. The third kappa shape index (κ3) is 11.6. The summed E-state index contributed by atoms with van der Waals surface area (Å²) in [7, 11) is -0.578. The van der Waals surface area contributed by atoms with Crippen molar-refractivity contribution >= 4 is 68.1 Å². The molecule has 0 spiro atoms. The van der Waals surface area contributed by atoms with Gasteiger partial charge >= 0.3 is 7.12 Å². The molecule has 0 bridgehead atoms. The quantitative estimate of drug-likeness (QED) is 0.132. The number of hydrogen-bond acceptors (Lipinski definition) is 12. The number of para-hydroxylation sites is 2. The third-order valence-corrected chi connectivity index (χ3v) is 21.6. The zero-order chi connectivity index (χ0) is 72.8. The number of halogens is 1. The van der Waals surface area contributed by atoms with E-state index in [9.17, 15) is 10.5 Å². The van der Waals surface area contributed by atoms with Crippen molar-refractivity contribution < 1.29 is 18.1 Å². The molecule has 16 aromatic rings. The second kappa shape index (κ2) is 26.0. The van der Waals surface area contributed by atoms with E-state index >= 15 is 0 Å². The summed E-state index contributed by atoms with van der Waals surface area (Å²) >= 11 is 5.99. The lowest BCUT2D eigenvalue weighted by Gasteiger charge is -2.32.